The van der Waals surface area contributed by atoms with Crippen molar-refractivity contribution in [2.24, 2.45) is 0 Å². The molecule has 2 heterocycles. The summed E-state index contributed by atoms with van der Waals surface area (Å²) in [6.45, 7) is 7.82. The van der Waals surface area contributed by atoms with Crippen LogP contribution >= 0.6 is 15.9 Å². The zero-order chi connectivity index (χ0) is 15.6. The molecule has 2 rings (SSSR count). The predicted octanol–water partition coefficient (Wildman–Crippen LogP) is -0.521. The Bertz CT molecular complexity index is 670. The van der Waals surface area contributed by atoms with E-state index in [1.54, 1.807) is 16.8 Å². The topological polar surface area (TPSA) is 67.2 Å². The van der Waals surface area contributed by atoms with Crippen LogP contribution in [0.4, 0.5) is 0 Å². The van der Waals surface area contributed by atoms with Crippen molar-refractivity contribution in [1.29, 1.82) is 0 Å². The summed E-state index contributed by atoms with van der Waals surface area (Å²) in [5.41, 5.74) is 0.704. The zero-order valence-electron chi connectivity index (χ0n) is 13.4. The van der Waals surface area contributed by atoms with Gasteiger partial charge in [0.2, 0.25) is 0 Å². The van der Waals surface area contributed by atoms with Crippen LogP contribution in [0, 0.1) is 0 Å². The number of fused-ring (bicyclic) bond motifs is 1. The van der Waals surface area contributed by atoms with Crippen LogP contribution in [0.15, 0.2) is 22.9 Å². The number of halogens is 1. The van der Waals surface area contributed by atoms with Crippen molar-refractivity contribution in [2.45, 2.75) is 32.4 Å². The third-order valence-corrected chi connectivity index (χ3v) is 5.52. The monoisotopic (exact) mass is 376 g/mol. The second-order valence-electron chi connectivity index (χ2n) is 6.14. The molecule has 0 aliphatic heterocycles. The first-order valence-electron chi connectivity index (χ1n) is 6.72. The molecule has 2 aromatic rings. The Balaban J connectivity index is 0.00000242. The first-order chi connectivity index (χ1) is 9.79. The van der Waals surface area contributed by atoms with Gasteiger partial charge in [0, 0.05) is 42.5 Å². The van der Waals surface area contributed by atoms with E-state index in [1.807, 2.05) is 0 Å². The molecule has 114 valence electrons. The normalized spacial score (nSPS) is 11.5. The van der Waals surface area contributed by atoms with E-state index in [0.29, 0.717) is 22.1 Å². The summed E-state index contributed by atoms with van der Waals surface area (Å²) in [4.78, 5) is 15.5. The van der Waals surface area contributed by atoms with E-state index >= 15 is 0 Å². The van der Waals surface area contributed by atoms with Gasteiger partial charge in [0.1, 0.15) is 12.4 Å². The van der Waals surface area contributed by atoms with E-state index < -0.39 is 14.0 Å². The van der Waals surface area contributed by atoms with Gasteiger partial charge in [-0.2, -0.15) is 0 Å². The molecule has 0 aromatic carbocycles. The number of carbonyl (C=O) groups excluding carboxylic acids is 1. The molecule has 0 radical (unpaired) electrons. The maximum Gasteiger partial charge on any atom is 1.00 e. The van der Waals surface area contributed by atoms with Crippen LogP contribution < -0.4 is 24.0 Å². The Morgan fingerprint density at radius 3 is 2.73 bits per heavy atom. The third kappa shape index (κ3) is 4.70. The summed E-state index contributed by atoms with van der Waals surface area (Å²) in [7, 11) is -1.13. The van der Waals surface area contributed by atoms with E-state index in [0.717, 1.165) is 6.04 Å². The second kappa shape index (κ2) is 7.80. The van der Waals surface area contributed by atoms with Crippen LogP contribution in [0.5, 0.6) is 0 Å². The zero-order valence-corrected chi connectivity index (χ0v) is 15.9. The van der Waals surface area contributed by atoms with Gasteiger partial charge in [0.25, 0.3) is 0 Å². The average Bonchev–Trinajstić information content (AvgIpc) is 2.74. The Kier molecular flexibility index (Phi) is 6.90. The molecule has 8 heteroatoms. The molecule has 22 heavy (non-hydrogen) atoms. The summed E-state index contributed by atoms with van der Waals surface area (Å²) in [5, 5.41) is 11.8. The molecule has 0 amide bonds. The van der Waals surface area contributed by atoms with Gasteiger partial charge in [-0.05, 0) is 28.0 Å². The Hall–Kier alpha value is -0.586. The maximum absolute atomic E-state index is 11.2. The van der Waals surface area contributed by atoms with Crippen LogP contribution in [0.2, 0.25) is 25.7 Å². The van der Waals surface area contributed by atoms with Gasteiger partial charge in [0.05, 0.1) is 5.97 Å². The first-order valence-corrected chi connectivity index (χ1v) is 11.2. The Morgan fingerprint density at radius 2 is 2.14 bits per heavy atom. The van der Waals surface area contributed by atoms with Crippen LogP contribution in [0.3, 0.4) is 0 Å². The minimum Gasteiger partial charge on any atom is -0.545 e. The fourth-order valence-corrected chi connectivity index (χ4v) is 3.24. The van der Waals surface area contributed by atoms with E-state index in [9.17, 15) is 9.90 Å². The number of nitrogens with zero attached hydrogens (tertiary/aromatic N) is 2. The molecule has 0 spiro atoms. The SMILES string of the molecule is C[Si](C)(C)CCOCn1cc(C(=O)[O-])c2c(Br)ccnc21.[Li+]. The van der Waals surface area contributed by atoms with E-state index in [2.05, 4.69) is 40.6 Å². The minimum atomic E-state index is -1.21. The molecule has 0 aliphatic carbocycles. The van der Waals surface area contributed by atoms with Crippen molar-refractivity contribution in [1.82, 2.24) is 9.55 Å². The summed E-state index contributed by atoms with van der Waals surface area (Å²) >= 11 is 3.36. The Labute approximate surface area is 151 Å². The molecule has 0 fully saturated rings. The summed E-state index contributed by atoms with van der Waals surface area (Å²) in [5.74, 6) is -1.21. The minimum absolute atomic E-state index is 0. The molecule has 0 aliphatic rings. The maximum atomic E-state index is 11.2. The molecule has 5 nitrogen and oxygen atoms in total. The van der Waals surface area contributed by atoms with Crippen molar-refractivity contribution in [3.05, 3.63) is 28.5 Å². The fraction of sp³-hybridized carbons (Fsp3) is 0.429. The molecule has 0 saturated carbocycles. The van der Waals surface area contributed by atoms with Gasteiger partial charge in [-0.1, -0.05) is 19.6 Å². The van der Waals surface area contributed by atoms with Crippen molar-refractivity contribution in [2.75, 3.05) is 6.61 Å². The van der Waals surface area contributed by atoms with Gasteiger partial charge in [-0.25, -0.2) is 4.98 Å². The van der Waals surface area contributed by atoms with E-state index in [1.165, 1.54) is 6.20 Å². The molecule has 0 unspecified atom stereocenters. The number of pyridine rings is 1. The molecule has 0 N–H and O–H groups in total. The average molecular weight is 377 g/mol. The van der Waals surface area contributed by atoms with E-state index in [4.69, 9.17) is 4.74 Å². The van der Waals surface area contributed by atoms with Gasteiger partial charge >= 0.3 is 18.9 Å². The fourth-order valence-electron chi connectivity index (χ4n) is 1.97. The summed E-state index contributed by atoms with van der Waals surface area (Å²) < 4.78 is 8.06. The molecule has 0 bridgehead atoms. The number of rotatable bonds is 6. The first kappa shape index (κ1) is 19.5. The van der Waals surface area contributed by atoms with Crippen LogP contribution in [-0.4, -0.2) is 30.2 Å². The van der Waals surface area contributed by atoms with Crippen LogP contribution in [0.1, 0.15) is 10.4 Å². The standard InChI is InChI=1S/C14H19BrN2O3Si.Li/c1-21(2,3)7-6-20-9-17-8-10(14(18)19)12-11(15)4-5-16-13(12)17;/h4-5,8H,6-7,9H2,1-3H3,(H,18,19);/q;+1/p-1. The second-order valence-corrected chi connectivity index (χ2v) is 12.6. The quantitative estimate of drug-likeness (QED) is 0.502. The van der Waals surface area contributed by atoms with E-state index in [-0.39, 0.29) is 31.2 Å². The van der Waals surface area contributed by atoms with Crippen LogP contribution in [0.25, 0.3) is 11.0 Å². The number of aromatic carboxylic acids is 1. The van der Waals surface area contributed by atoms with Gasteiger partial charge in [-0.3, -0.25) is 0 Å². The number of hydrogen-bond donors (Lipinski definition) is 0. The van der Waals surface area contributed by atoms with Crippen molar-refractivity contribution >= 4 is 41.0 Å². The number of carboxylic acids is 1. The number of hydrogen-bond acceptors (Lipinski definition) is 4. The van der Waals surface area contributed by atoms with Gasteiger partial charge in [-0.15, -0.1) is 0 Å². The number of carboxylic acid groups (broad SMARTS) is 1. The van der Waals surface area contributed by atoms with Crippen LogP contribution in [-0.2, 0) is 11.5 Å². The van der Waals surface area contributed by atoms with Gasteiger partial charge < -0.3 is 19.2 Å². The summed E-state index contributed by atoms with van der Waals surface area (Å²) in [6, 6.07) is 2.78. The van der Waals surface area contributed by atoms with Gasteiger partial charge in [0.15, 0.2) is 0 Å². The summed E-state index contributed by atoms with van der Waals surface area (Å²) in [6.07, 6.45) is 3.15. The van der Waals surface area contributed by atoms with Crippen molar-refractivity contribution in [3.63, 3.8) is 0 Å². The molecular weight excluding hydrogens is 359 g/mol. The molecule has 0 saturated heterocycles. The molecular formula is C14H18BrLiN2O3Si. The predicted molar refractivity (Wildman–Crippen MR) is 85.9 cm³/mol. The largest absolute Gasteiger partial charge is 1.00 e. The molecule has 0 atom stereocenters. The number of aromatic nitrogens is 2. The third-order valence-electron chi connectivity index (χ3n) is 3.15. The van der Waals surface area contributed by atoms with Crippen molar-refractivity contribution < 1.29 is 33.5 Å². The smallest absolute Gasteiger partial charge is 0.545 e. The Morgan fingerprint density at radius 1 is 1.45 bits per heavy atom. The molecule has 2 aromatic heterocycles. The number of ether oxygens (including phenoxy) is 1. The van der Waals surface area contributed by atoms with Crippen molar-refractivity contribution in [3.8, 4) is 0 Å². The number of carbonyl (C=O) groups is 1.